The molecule has 10 aromatic rings. The van der Waals surface area contributed by atoms with Crippen molar-refractivity contribution in [3.63, 3.8) is 0 Å². The third kappa shape index (κ3) is 3.97. The summed E-state index contributed by atoms with van der Waals surface area (Å²) >= 11 is 0. The fourth-order valence-electron chi connectivity index (χ4n) is 7.28. The van der Waals surface area contributed by atoms with E-state index in [4.69, 9.17) is 8.53 Å². The summed E-state index contributed by atoms with van der Waals surface area (Å²) in [6, 6.07) is 42.7. The molecule has 0 aliphatic rings. The van der Waals surface area contributed by atoms with E-state index in [2.05, 4.69) is 42.5 Å². The van der Waals surface area contributed by atoms with Gasteiger partial charge in [-0.25, -0.2) is 0 Å². The topological polar surface area (TPSA) is 13.1 Å². The number of benzene rings is 9. The zero-order valence-corrected chi connectivity index (χ0v) is 25.1. The molecule has 0 aliphatic heterocycles. The molecular weight excluding hydrogens is 569 g/mol. The van der Waals surface area contributed by atoms with E-state index in [-0.39, 0.29) is 34.9 Å². The van der Waals surface area contributed by atoms with Crippen LogP contribution in [0.5, 0.6) is 0 Å². The van der Waals surface area contributed by atoms with Gasteiger partial charge in [0, 0.05) is 10.8 Å². The van der Waals surface area contributed by atoms with Crippen LogP contribution >= 0.6 is 0 Å². The van der Waals surface area contributed by atoms with Crippen molar-refractivity contribution in [3.8, 4) is 33.4 Å². The summed E-state index contributed by atoms with van der Waals surface area (Å²) in [5.41, 5.74) is 5.59. The highest BCUT2D eigenvalue weighted by molar-refractivity contribution is 6.27. The summed E-state index contributed by atoms with van der Waals surface area (Å²) in [5.74, 6) is 0. The molecule has 1 nitrogen and oxygen atoms in total. The van der Waals surface area contributed by atoms with Crippen LogP contribution in [-0.4, -0.2) is 0 Å². The van der Waals surface area contributed by atoms with Gasteiger partial charge in [-0.05, 0) is 107 Å². The third-order valence-electron chi connectivity index (χ3n) is 9.31. The molecule has 0 fully saturated rings. The maximum atomic E-state index is 9.86. The Morgan fingerprint density at radius 2 is 1.02 bits per heavy atom. The minimum atomic E-state index is -0.406. The predicted molar refractivity (Wildman–Crippen MR) is 200 cm³/mol. The van der Waals surface area contributed by atoms with E-state index in [1.807, 2.05) is 91.0 Å². The van der Waals surface area contributed by atoms with Gasteiger partial charge in [0.2, 0.25) is 0 Å². The minimum absolute atomic E-state index is 0.0385. The van der Waals surface area contributed by atoms with Crippen LogP contribution in [0.2, 0.25) is 0 Å². The number of rotatable bonds is 3. The van der Waals surface area contributed by atoms with Crippen LogP contribution in [0.4, 0.5) is 0 Å². The summed E-state index contributed by atoms with van der Waals surface area (Å²) in [6.07, 6.45) is 0. The molecule has 0 N–H and O–H groups in total. The Hall–Kier alpha value is -6.18. The van der Waals surface area contributed by atoms with Crippen molar-refractivity contribution >= 4 is 65.0 Å². The second kappa shape index (κ2) is 10.2. The summed E-state index contributed by atoms with van der Waals surface area (Å²) in [6.45, 7) is 0. The van der Waals surface area contributed by atoms with Crippen molar-refractivity contribution in [1.29, 1.82) is 0 Å². The summed E-state index contributed by atoms with van der Waals surface area (Å²) in [7, 11) is 0. The first-order chi connectivity index (χ1) is 25.8. The van der Waals surface area contributed by atoms with Crippen LogP contribution in [-0.2, 0) is 0 Å². The van der Waals surface area contributed by atoms with Crippen LogP contribution in [0.25, 0.3) is 98.4 Å². The summed E-state index contributed by atoms with van der Waals surface area (Å²) in [4.78, 5) is 0. The van der Waals surface area contributed by atoms with Crippen LogP contribution < -0.4 is 0 Å². The van der Waals surface area contributed by atoms with Gasteiger partial charge in [0.15, 0.2) is 0 Å². The van der Waals surface area contributed by atoms with E-state index in [9.17, 15) is 4.11 Å². The van der Waals surface area contributed by atoms with Crippen LogP contribution in [0.15, 0.2) is 174 Å². The lowest BCUT2D eigenvalue weighted by Gasteiger charge is -2.20. The third-order valence-corrected chi connectivity index (χ3v) is 9.31. The maximum Gasteiger partial charge on any atom is 0.136 e. The largest absolute Gasteiger partial charge is 0.456 e. The minimum Gasteiger partial charge on any atom is -0.456 e. The fraction of sp³-hybridized carbons (Fsp3) is 0. The number of furan rings is 1. The van der Waals surface area contributed by atoms with Gasteiger partial charge in [0.05, 0.1) is 8.22 Å². The molecule has 0 unspecified atom stereocenters. The molecule has 0 saturated heterocycles. The Bertz CT molecular complexity index is 3130. The lowest BCUT2D eigenvalue weighted by atomic mass is 9.83. The molecule has 47 heavy (non-hydrogen) atoms. The number of hydrogen-bond donors (Lipinski definition) is 0. The maximum absolute atomic E-state index is 9.86. The molecule has 9 aromatic carbocycles. The lowest BCUT2D eigenvalue weighted by Crippen LogP contribution is -1.93. The normalized spacial score (nSPS) is 13.6. The van der Waals surface area contributed by atoms with Crippen molar-refractivity contribution in [2.75, 3.05) is 0 Å². The van der Waals surface area contributed by atoms with Crippen molar-refractivity contribution in [1.82, 2.24) is 0 Å². The Labute approximate surface area is 280 Å². The molecule has 0 spiro atoms. The Kier molecular flexibility index (Phi) is 4.49. The van der Waals surface area contributed by atoms with Gasteiger partial charge < -0.3 is 4.42 Å². The molecule has 1 heteroatoms. The highest BCUT2D eigenvalue weighted by Gasteiger charge is 2.21. The van der Waals surface area contributed by atoms with Crippen molar-refractivity contribution in [3.05, 3.63) is 170 Å². The highest BCUT2D eigenvalue weighted by Crippen LogP contribution is 2.48. The Morgan fingerprint density at radius 1 is 0.404 bits per heavy atom. The van der Waals surface area contributed by atoms with E-state index in [1.165, 1.54) is 0 Å². The van der Waals surface area contributed by atoms with Gasteiger partial charge in [0.25, 0.3) is 0 Å². The molecule has 0 bridgehead atoms. The van der Waals surface area contributed by atoms with E-state index >= 15 is 0 Å². The summed E-state index contributed by atoms with van der Waals surface area (Å²) < 4.78 is 61.2. The second-order valence-corrected chi connectivity index (χ2v) is 11.9. The molecule has 1 aromatic heterocycles. The molecule has 218 valence electrons. The van der Waals surface area contributed by atoms with Crippen molar-refractivity contribution in [2.45, 2.75) is 0 Å². The van der Waals surface area contributed by atoms with E-state index < -0.39 is 12.1 Å². The lowest BCUT2D eigenvalue weighted by molar-refractivity contribution is 0.669. The zero-order valence-electron chi connectivity index (χ0n) is 31.1. The van der Waals surface area contributed by atoms with Crippen LogP contribution in [0, 0.1) is 0 Å². The molecule has 0 aliphatic carbocycles. The predicted octanol–water partition coefficient (Wildman–Crippen LogP) is 13.2. The van der Waals surface area contributed by atoms with E-state index in [0.29, 0.717) is 22.3 Å². The Balaban J connectivity index is 1.41. The van der Waals surface area contributed by atoms with Crippen LogP contribution in [0.1, 0.15) is 8.22 Å². The van der Waals surface area contributed by atoms with Crippen molar-refractivity contribution in [2.24, 2.45) is 0 Å². The first-order valence-electron chi connectivity index (χ1n) is 18.7. The molecule has 0 atom stereocenters. The molecule has 10 rings (SSSR count). The van der Waals surface area contributed by atoms with Gasteiger partial charge in [-0.2, -0.15) is 0 Å². The van der Waals surface area contributed by atoms with E-state index in [1.54, 1.807) is 0 Å². The average molecular weight is 603 g/mol. The molecule has 0 amide bonds. The molecule has 0 saturated carbocycles. The standard InChI is InChI=1S/C46H28O/c1-2-13-29(14-3-1)33-25-32-17-6-7-18-34(32)40(27-33)45-37-21-10-8-19-35(37)44(36-20-9-11-22-38(36)45)39-23-12-24-42-46(39)41-26-30-15-4-5-16-31(30)28-43(41)47-42/h1-28H/i6D,7D,17D,18D,25D,27D. The van der Waals surface area contributed by atoms with Crippen molar-refractivity contribution < 1.29 is 12.6 Å². The number of fused-ring (bicyclic) bond motifs is 7. The smallest absolute Gasteiger partial charge is 0.136 e. The van der Waals surface area contributed by atoms with Gasteiger partial charge in [0.1, 0.15) is 11.2 Å². The first-order valence-corrected chi connectivity index (χ1v) is 15.7. The van der Waals surface area contributed by atoms with Gasteiger partial charge in [-0.15, -0.1) is 0 Å². The Morgan fingerprint density at radius 3 is 1.74 bits per heavy atom. The molecule has 0 radical (unpaired) electrons. The molecule has 1 heterocycles. The fourth-order valence-corrected chi connectivity index (χ4v) is 7.28. The SMILES string of the molecule is [2H]c1c([2H])c([2H])c2c(-c3c4ccccc4c(-c4cccc5oc6cc7ccccc7cc6c45)c4ccccc34)c([2H])c(-c3ccccc3)c([2H])c2c1[2H]. The molecular formula is C46H28O. The summed E-state index contributed by atoms with van der Waals surface area (Å²) in [5, 5.41) is 8.01. The van der Waals surface area contributed by atoms with Gasteiger partial charge in [-0.1, -0.05) is 139 Å². The first kappa shape index (κ1) is 20.8. The monoisotopic (exact) mass is 602 g/mol. The van der Waals surface area contributed by atoms with Crippen LogP contribution in [0.3, 0.4) is 0 Å². The zero-order chi connectivity index (χ0) is 36.1. The average Bonchev–Trinajstić information content (AvgIpc) is 3.55. The van der Waals surface area contributed by atoms with E-state index in [0.717, 1.165) is 65.4 Å². The highest BCUT2D eigenvalue weighted by atomic mass is 16.3. The number of hydrogen-bond acceptors (Lipinski definition) is 1. The van der Waals surface area contributed by atoms with Gasteiger partial charge >= 0.3 is 0 Å². The second-order valence-electron chi connectivity index (χ2n) is 11.9. The van der Waals surface area contributed by atoms with Gasteiger partial charge in [-0.3, -0.25) is 0 Å². The quantitative estimate of drug-likeness (QED) is 0.183.